The van der Waals surface area contributed by atoms with Crippen molar-refractivity contribution in [2.75, 3.05) is 5.73 Å². The van der Waals surface area contributed by atoms with Gasteiger partial charge in [-0.2, -0.15) is 0 Å². The van der Waals surface area contributed by atoms with E-state index in [4.69, 9.17) is 15.1 Å². The van der Waals surface area contributed by atoms with Gasteiger partial charge in [-0.1, -0.05) is 19.9 Å². The van der Waals surface area contributed by atoms with Crippen LogP contribution in [0.5, 0.6) is 0 Å². The number of rotatable bonds is 6. The zero-order valence-corrected chi connectivity index (χ0v) is 16.5. The summed E-state index contributed by atoms with van der Waals surface area (Å²) in [6.07, 6.45) is 2.94. The Kier molecular flexibility index (Phi) is 6.14. The fourth-order valence-corrected chi connectivity index (χ4v) is 3.15. The number of nitrogens with zero attached hydrogens (tertiary/aromatic N) is 2. The van der Waals surface area contributed by atoms with Crippen LogP contribution in [0.1, 0.15) is 40.9 Å². The summed E-state index contributed by atoms with van der Waals surface area (Å²) < 4.78 is 10.5. The molecule has 9 nitrogen and oxygen atoms in total. The number of nitrogen functional groups attached to an aromatic ring is 1. The van der Waals surface area contributed by atoms with Crippen molar-refractivity contribution in [3.8, 4) is 0 Å². The lowest BCUT2D eigenvalue weighted by atomic mass is 9.75. The van der Waals surface area contributed by atoms with Crippen LogP contribution in [-0.4, -0.2) is 40.0 Å². The van der Waals surface area contributed by atoms with Crippen LogP contribution in [0.2, 0.25) is 0 Å². The molecule has 3 rings (SSSR count). The van der Waals surface area contributed by atoms with Gasteiger partial charge in [-0.25, -0.2) is 14.8 Å². The minimum Gasteiger partial charge on any atom is -0.459 e. The molecule has 10 heteroatoms. The number of anilines is 1. The summed E-state index contributed by atoms with van der Waals surface area (Å²) in [5.74, 6) is -1.05. The molecule has 1 aliphatic rings. The summed E-state index contributed by atoms with van der Waals surface area (Å²) in [5, 5.41) is 12.7. The fourth-order valence-electron chi connectivity index (χ4n) is 3.15. The Morgan fingerprint density at radius 1 is 1.34 bits per heavy atom. The molecule has 2 aromatic rings. The molecule has 0 saturated heterocycles. The largest absolute Gasteiger partial charge is 0.492 e. The number of hydrogen-bond acceptors (Lipinski definition) is 8. The summed E-state index contributed by atoms with van der Waals surface area (Å²) in [5.41, 5.74) is 8.47. The highest BCUT2D eigenvalue weighted by Gasteiger charge is 2.32. The maximum atomic E-state index is 12.8. The third-order valence-electron chi connectivity index (χ3n) is 4.81. The highest BCUT2D eigenvalue weighted by Crippen LogP contribution is 2.17. The molecule has 0 saturated carbocycles. The zero-order chi connectivity index (χ0) is 21.1. The number of nitrogens with one attached hydrogen (secondary N) is 1. The second-order valence-corrected chi connectivity index (χ2v) is 7.23. The molecule has 0 aliphatic carbocycles. The summed E-state index contributed by atoms with van der Waals surface area (Å²) >= 11 is 0. The number of carbonyl (C=O) groups is 2. The Hall–Kier alpha value is -2.98. The van der Waals surface area contributed by atoms with E-state index in [9.17, 15) is 14.6 Å². The number of fused-ring (bicyclic) bond motifs is 1. The first-order valence-electron chi connectivity index (χ1n) is 9.24. The SMILES string of the molecule is Cc1c(C(=O)N[C@H](C(=O)OCc2cnc(N)nc2)C(C)C)ccc2c1B(O)OC2. The van der Waals surface area contributed by atoms with E-state index < -0.39 is 25.0 Å². The smallest absolute Gasteiger partial charge is 0.459 e. The van der Waals surface area contributed by atoms with Crippen LogP contribution in [0.15, 0.2) is 24.5 Å². The van der Waals surface area contributed by atoms with Crippen molar-refractivity contribution >= 4 is 30.4 Å². The normalized spacial score (nSPS) is 13.9. The van der Waals surface area contributed by atoms with Crippen LogP contribution in [0.4, 0.5) is 5.95 Å². The monoisotopic (exact) mass is 398 g/mol. The summed E-state index contributed by atoms with van der Waals surface area (Å²) in [7, 11) is -1.05. The second-order valence-electron chi connectivity index (χ2n) is 7.23. The summed E-state index contributed by atoms with van der Waals surface area (Å²) in [6.45, 7) is 5.64. The van der Waals surface area contributed by atoms with Gasteiger partial charge in [-0.3, -0.25) is 4.79 Å². The molecule has 1 aromatic heterocycles. The van der Waals surface area contributed by atoms with E-state index in [2.05, 4.69) is 15.3 Å². The number of nitrogens with two attached hydrogens (primary N) is 1. The number of hydrogen-bond donors (Lipinski definition) is 3. The molecule has 4 N–H and O–H groups in total. The lowest BCUT2D eigenvalue weighted by molar-refractivity contribution is -0.148. The third-order valence-corrected chi connectivity index (χ3v) is 4.81. The maximum Gasteiger partial charge on any atom is 0.492 e. The molecule has 0 unspecified atom stereocenters. The Balaban J connectivity index is 1.70. The topological polar surface area (TPSA) is 137 Å². The molecule has 0 bridgehead atoms. The Morgan fingerprint density at radius 3 is 2.69 bits per heavy atom. The number of benzene rings is 1. The van der Waals surface area contributed by atoms with Gasteiger partial charge in [0.15, 0.2) is 0 Å². The lowest BCUT2D eigenvalue weighted by Gasteiger charge is -2.21. The number of ether oxygens (including phenoxy) is 1. The number of aromatic nitrogens is 2. The van der Waals surface area contributed by atoms with Crippen molar-refractivity contribution < 1.29 is 24.0 Å². The Morgan fingerprint density at radius 2 is 2.03 bits per heavy atom. The molecule has 0 fully saturated rings. The van der Waals surface area contributed by atoms with Crippen molar-refractivity contribution in [3.63, 3.8) is 0 Å². The van der Waals surface area contributed by atoms with Crippen LogP contribution < -0.4 is 16.5 Å². The van der Waals surface area contributed by atoms with Gasteiger partial charge in [0, 0.05) is 23.5 Å². The fraction of sp³-hybridized carbons (Fsp3) is 0.368. The standard InChI is InChI=1S/C19H23BN4O5/c1-10(2)16(18(26)28-8-12-6-22-19(21)23-7-12)24-17(25)14-5-4-13-9-29-20(27)15(13)11(14)3/h4-7,10,16,27H,8-9H2,1-3H3,(H,24,25)(H2,21,22,23)/t16-/m0/s1. The van der Waals surface area contributed by atoms with Gasteiger partial charge in [0.05, 0.1) is 6.61 Å². The molecular weight excluding hydrogens is 375 g/mol. The first kappa shape index (κ1) is 20.8. The highest BCUT2D eigenvalue weighted by atomic mass is 16.5. The van der Waals surface area contributed by atoms with Crippen LogP contribution in [0.25, 0.3) is 0 Å². The Bertz CT molecular complexity index is 920. The predicted molar refractivity (Wildman–Crippen MR) is 106 cm³/mol. The van der Waals surface area contributed by atoms with Crippen molar-refractivity contribution in [3.05, 3.63) is 46.8 Å². The van der Waals surface area contributed by atoms with E-state index in [0.29, 0.717) is 28.8 Å². The van der Waals surface area contributed by atoms with E-state index in [1.54, 1.807) is 19.1 Å². The lowest BCUT2D eigenvalue weighted by Crippen LogP contribution is -2.46. The third kappa shape index (κ3) is 4.55. The second kappa shape index (κ2) is 8.58. The molecule has 1 aromatic carbocycles. The van der Waals surface area contributed by atoms with Gasteiger partial charge >= 0.3 is 13.1 Å². The van der Waals surface area contributed by atoms with E-state index in [0.717, 1.165) is 5.56 Å². The van der Waals surface area contributed by atoms with Crippen molar-refractivity contribution in [1.29, 1.82) is 0 Å². The minimum absolute atomic E-state index is 0.0282. The van der Waals surface area contributed by atoms with Gasteiger partial charge in [-0.05, 0) is 35.5 Å². The van der Waals surface area contributed by atoms with Crippen molar-refractivity contribution in [2.45, 2.75) is 40.0 Å². The molecule has 1 amide bonds. The first-order chi connectivity index (χ1) is 13.8. The van der Waals surface area contributed by atoms with Crippen LogP contribution in [0.3, 0.4) is 0 Å². The number of esters is 1. The molecule has 29 heavy (non-hydrogen) atoms. The van der Waals surface area contributed by atoms with E-state index >= 15 is 0 Å². The van der Waals surface area contributed by atoms with Gasteiger partial charge in [0.25, 0.3) is 5.91 Å². The maximum absolute atomic E-state index is 12.8. The van der Waals surface area contributed by atoms with E-state index in [-0.39, 0.29) is 18.5 Å². The molecule has 2 heterocycles. The summed E-state index contributed by atoms with van der Waals surface area (Å²) in [4.78, 5) is 33.1. The average Bonchev–Trinajstić information content (AvgIpc) is 3.07. The molecule has 1 atom stereocenters. The Labute approximate surface area is 168 Å². The summed E-state index contributed by atoms with van der Waals surface area (Å²) in [6, 6.07) is 2.57. The van der Waals surface area contributed by atoms with Crippen molar-refractivity contribution in [1.82, 2.24) is 15.3 Å². The van der Waals surface area contributed by atoms with E-state index in [1.807, 2.05) is 13.8 Å². The van der Waals surface area contributed by atoms with Gasteiger partial charge < -0.3 is 25.5 Å². The van der Waals surface area contributed by atoms with E-state index in [1.165, 1.54) is 12.4 Å². The quantitative estimate of drug-likeness (QED) is 0.460. The highest BCUT2D eigenvalue weighted by molar-refractivity contribution is 6.62. The van der Waals surface area contributed by atoms with Gasteiger partial charge in [0.2, 0.25) is 5.95 Å². The molecule has 0 spiro atoms. The van der Waals surface area contributed by atoms with Crippen molar-refractivity contribution in [2.24, 2.45) is 5.92 Å². The molecule has 152 valence electrons. The van der Waals surface area contributed by atoms with Gasteiger partial charge in [-0.15, -0.1) is 0 Å². The van der Waals surface area contributed by atoms with Crippen LogP contribution in [-0.2, 0) is 27.4 Å². The number of amides is 1. The first-order valence-corrected chi connectivity index (χ1v) is 9.24. The van der Waals surface area contributed by atoms with Crippen LogP contribution >= 0.6 is 0 Å². The predicted octanol–water partition coefficient (Wildman–Crippen LogP) is 0.0827. The molecule has 0 radical (unpaired) electrons. The van der Waals surface area contributed by atoms with Crippen LogP contribution in [0, 0.1) is 12.8 Å². The zero-order valence-electron chi connectivity index (χ0n) is 16.5. The number of carbonyl (C=O) groups excluding carboxylic acids is 2. The molecule has 1 aliphatic heterocycles. The minimum atomic E-state index is -1.05. The molecular formula is C19H23BN4O5. The van der Waals surface area contributed by atoms with Gasteiger partial charge in [0.1, 0.15) is 12.6 Å². The average molecular weight is 398 g/mol.